The van der Waals surface area contributed by atoms with Crippen LogP contribution < -0.4 is 0 Å². The van der Waals surface area contributed by atoms with Crippen LogP contribution in [0.1, 0.15) is 13.8 Å². The first-order valence-electron chi connectivity index (χ1n) is 5.60. The first-order valence-corrected chi connectivity index (χ1v) is 6.96. The van der Waals surface area contributed by atoms with Gasteiger partial charge in [0.2, 0.25) is 5.28 Å². The van der Waals surface area contributed by atoms with E-state index in [2.05, 4.69) is 28.7 Å². The standard InChI is InChI=1S/C10H15ClN4O2S/c1-3-14(4-2)5-6-18-9-8(15(16)17)7-12-10(11)13-9/h7H,3-6H2,1-2H3. The number of nitro groups is 1. The molecule has 100 valence electrons. The van der Waals surface area contributed by atoms with Gasteiger partial charge in [0, 0.05) is 12.3 Å². The Morgan fingerprint density at radius 2 is 2.17 bits per heavy atom. The molecule has 0 aliphatic rings. The second-order valence-electron chi connectivity index (χ2n) is 3.46. The third-order valence-corrected chi connectivity index (χ3v) is 3.59. The Morgan fingerprint density at radius 1 is 1.50 bits per heavy atom. The largest absolute Gasteiger partial charge is 0.319 e. The highest BCUT2D eigenvalue weighted by molar-refractivity contribution is 7.99. The lowest BCUT2D eigenvalue weighted by Crippen LogP contribution is -2.25. The molecule has 0 radical (unpaired) electrons. The molecule has 0 saturated heterocycles. The molecule has 0 N–H and O–H groups in total. The summed E-state index contributed by atoms with van der Waals surface area (Å²) in [5.41, 5.74) is -0.0936. The average Bonchev–Trinajstić information content (AvgIpc) is 2.34. The molecule has 0 bridgehead atoms. The molecular formula is C10H15ClN4O2S. The Hall–Kier alpha value is -0.920. The second kappa shape index (κ2) is 7.50. The first kappa shape index (κ1) is 15.1. The monoisotopic (exact) mass is 290 g/mol. The van der Waals surface area contributed by atoms with Gasteiger partial charge in [0.25, 0.3) is 0 Å². The topological polar surface area (TPSA) is 72.2 Å². The van der Waals surface area contributed by atoms with Gasteiger partial charge in [0.1, 0.15) is 6.20 Å². The van der Waals surface area contributed by atoms with Crippen LogP contribution in [0.2, 0.25) is 5.28 Å². The summed E-state index contributed by atoms with van der Waals surface area (Å²) in [6, 6.07) is 0. The number of hydrogen-bond donors (Lipinski definition) is 0. The minimum Gasteiger partial charge on any atom is -0.303 e. The molecule has 6 nitrogen and oxygen atoms in total. The zero-order valence-corrected chi connectivity index (χ0v) is 11.9. The quantitative estimate of drug-likeness (QED) is 0.252. The van der Waals surface area contributed by atoms with E-state index in [0.717, 1.165) is 31.6 Å². The molecule has 0 atom stereocenters. The van der Waals surface area contributed by atoms with E-state index in [1.165, 1.54) is 11.8 Å². The van der Waals surface area contributed by atoms with Crippen LogP contribution in [0.25, 0.3) is 0 Å². The van der Waals surface area contributed by atoms with Gasteiger partial charge in [0.15, 0.2) is 5.03 Å². The number of hydrogen-bond acceptors (Lipinski definition) is 6. The van der Waals surface area contributed by atoms with Crippen LogP contribution in [0.3, 0.4) is 0 Å². The highest BCUT2D eigenvalue weighted by Crippen LogP contribution is 2.27. The van der Waals surface area contributed by atoms with Crippen molar-refractivity contribution in [1.82, 2.24) is 14.9 Å². The summed E-state index contributed by atoms with van der Waals surface area (Å²) in [6.07, 6.45) is 1.15. The molecule has 1 heterocycles. The maximum atomic E-state index is 10.8. The van der Waals surface area contributed by atoms with Crippen LogP contribution in [-0.2, 0) is 0 Å². The summed E-state index contributed by atoms with van der Waals surface area (Å²) in [5, 5.41) is 11.2. The zero-order chi connectivity index (χ0) is 13.5. The fourth-order valence-corrected chi connectivity index (χ4v) is 2.53. The van der Waals surface area contributed by atoms with Crippen LogP contribution in [0.5, 0.6) is 0 Å². The lowest BCUT2D eigenvalue weighted by atomic mass is 10.5. The molecule has 1 aromatic rings. The van der Waals surface area contributed by atoms with Gasteiger partial charge in [-0.2, -0.15) is 0 Å². The Bertz CT molecular complexity index is 415. The normalized spacial score (nSPS) is 10.9. The molecule has 0 aliphatic heterocycles. The van der Waals surface area contributed by atoms with Crippen LogP contribution in [0.15, 0.2) is 11.2 Å². The van der Waals surface area contributed by atoms with Gasteiger partial charge in [-0.15, -0.1) is 0 Å². The van der Waals surface area contributed by atoms with Crippen molar-refractivity contribution in [2.45, 2.75) is 18.9 Å². The minimum absolute atomic E-state index is 0.0333. The summed E-state index contributed by atoms with van der Waals surface area (Å²) in [7, 11) is 0. The number of rotatable bonds is 7. The van der Waals surface area contributed by atoms with Crippen LogP contribution in [0.4, 0.5) is 5.69 Å². The SMILES string of the molecule is CCN(CC)CCSc1nc(Cl)ncc1[N+](=O)[O-]. The molecule has 0 aromatic carbocycles. The molecule has 0 saturated carbocycles. The number of thioether (sulfide) groups is 1. The van der Waals surface area contributed by atoms with Crippen molar-refractivity contribution >= 4 is 29.1 Å². The Balaban J connectivity index is 2.66. The van der Waals surface area contributed by atoms with E-state index in [1.807, 2.05) is 0 Å². The molecule has 1 aromatic heterocycles. The second-order valence-corrected chi connectivity index (χ2v) is 4.88. The van der Waals surface area contributed by atoms with Crippen molar-refractivity contribution in [2.24, 2.45) is 0 Å². The minimum atomic E-state index is -0.490. The maximum absolute atomic E-state index is 10.8. The predicted molar refractivity (Wildman–Crippen MR) is 72.2 cm³/mol. The van der Waals surface area contributed by atoms with E-state index in [1.54, 1.807) is 0 Å². The summed E-state index contributed by atoms with van der Waals surface area (Å²) in [4.78, 5) is 20.1. The molecular weight excluding hydrogens is 276 g/mol. The van der Waals surface area contributed by atoms with Crippen molar-refractivity contribution in [2.75, 3.05) is 25.4 Å². The number of halogens is 1. The molecule has 0 aliphatic carbocycles. The van der Waals surface area contributed by atoms with Gasteiger partial charge in [-0.05, 0) is 24.7 Å². The zero-order valence-electron chi connectivity index (χ0n) is 10.3. The number of aromatic nitrogens is 2. The van der Waals surface area contributed by atoms with E-state index in [-0.39, 0.29) is 11.0 Å². The van der Waals surface area contributed by atoms with Gasteiger partial charge < -0.3 is 4.90 Å². The molecule has 8 heteroatoms. The van der Waals surface area contributed by atoms with Crippen molar-refractivity contribution in [3.05, 3.63) is 21.6 Å². The third-order valence-electron chi connectivity index (χ3n) is 2.44. The molecule has 0 unspecified atom stereocenters. The van der Waals surface area contributed by atoms with E-state index in [9.17, 15) is 10.1 Å². The lowest BCUT2D eigenvalue weighted by molar-refractivity contribution is -0.388. The summed E-state index contributed by atoms with van der Waals surface area (Å²) >= 11 is 6.98. The first-order chi connectivity index (χ1) is 8.58. The maximum Gasteiger partial charge on any atom is 0.319 e. The van der Waals surface area contributed by atoms with Crippen molar-refractivity contribution in [1.29, 1.82) is 0 Å². The third kappa shape index (κ3) is 4.40. The van der Waals surface area contributed by atoms with E-state index < -0.39 is 4.92 Å². The highest BCUT2D eigenvalue weighted by Gasteiger charge is 2.17. The van der Waals surface area contributed by atoms with Crippen molar-refractivity contribution < 1.29 is 4.92 Å². The Labute approximate surface area is 115 Å². The molecule has 0 fully saturated rings. The summed E-state index contributed by atoms with van der Waals surface area (Å²) in [5.74, 6) is 0.732. The van der Waals surface area contributed by atoms with Gasteiger partial charge in [0.05, 0.1) is 4.92 Å². The highest BCUT2D eigenvalue weighted by atomic mass is 35.5. The average molecular weight is 291 g/mol. The molecule has 1 rings (SSSR count). The van der Waals surface area contributed by atoms with E-state index in [4.69, 9.17) is 11.6 Å². The van der Waals surface area contributed by atoms with Gasteiger partial charge >= 0.3 is 5.69 Å². The smallest absolute Gasteiger partial charge is 0.303 e. The predicted octanol–water partition coefficient (Wildman–Crippen LogP) is 2.47. The lowest BCUT2D eigenvalue weighted by Gasteiger charge is -2.16. The van der Waals surface area contributed by atoms with Crippen LogP contribution in [-0.4, -0.2) is 45.2 Å². The van der Waals surface area contributed by atoms with Gasteiger partial charge in [-0.1, -0.05) is 25.6 Å². The van der Waals surface area contributed by atoms with E-state index >= 15 is 0 Å². The molecule has 0 amide bonds. The Morgan fingerprint density at radius 3 is 2.72 bits per heavy atom. The van der Waals surface area contributed by atoms with Gasteiger partial charge in [-0.25, -0.2) is 9.97 Å². The van der Waals surface area contributed by atoms with Crippen LogP contribution >= 0.6 is 23.4 Å². The fourth-order valence-electron chi connectivity index (χ4n) is 1.38. The van der Waals surface area contributed by atoms with Crippen molar-refractivity contribution in [3.8, 4) is 0 Å². The summed E-state index contributed by atoms with van der Waals surface area (Å²) < 4.78 is 0. The van der Waals surface area contributed by atoms with Crippen molar-refractivity contribution in [3.63, 3.8) is 0 Å². The van der Waals surface area contributed by atoms with Crippen LogP contribution in [0, 0.1) is 10.1 Å². The molecule has 18 heavy (non-hydrogen) atoms. The van der Waals surface area contributed by atoms with E-state index in [0.29, 0.717) is 5.03 Å². The Kier molecular flexibility index (Phi) is 6.31. The van der Waals surface area contributed by atoms with Gasteiger partial charge in [-0.3, -0.25) is 10.1 Å². The fraction of sp³-hybridized carbons (Fsp3) is 0.600. The summed E-state index contributed by atoms with van der Waals surface area (Å²) in [6.45, 7) is 6.94. The molecule has 0 spiro atoms. The number of nitrogens with zero attached hydrogens (tertiary/aromatic N) is 4.